The van der Waals surface area contributed by atoms with Crippen molar-refractivity contribution in [2.75, 3.05) is 0 Å². The molecule has 4 aromatic carbocycles. The van der Waals surface area contributed by atoms with Gasteiger partial charge in [0.15, 0.2) is 0 Å². The fourth-order valence-electron chi connectivity index (χ4n) is 6.78. The molecular formula is C46H48GeIrN2O-2. The second-order valence-corrected chi connectivity index (χ2v) is 26.4. The summed E-state index contributed by atoms with van der Waals surface area (Å²) in [5.74, 6) is 7.54. The Labute approximate surface area is 320 Å². The Kier molecular flexibility index (Phi) is 11.9. The van der Waals surface area contributed by atoms with Gasteiger partial charge in [0.25, 0.3) is 0 Å². The number of pyridine rings is 2. The molecule has 0 N–H and O–H groups in total. The zero-order valence-corrected chi connectivity index (χ0v) is 35.8. The second-order valence-electron chi connectivity index (χ2n) is 15.8. The molecular weight excluding hydrogens is 861 g/mol. The van der Waals surface area contributed by atoms with E-state index in [0.717, 1.165) is 50.9 Å². The molecule has 0 amide bonds. The first-order valence-corrected chi connectivity index (χ1v) is 25.0. The van der Waals surface area contributed by atoms with E-state index in [1.165, 1.54) is 32.2 Å². The standard InChI is InChI=1S/C31H30NO.C15H18GeN.Ir/c1-20(2)29-24(22-9-7-6-8-10-22)12-13-25-26-18-23(11-14-28(26)33-30(25)29)27-17-21(15-16-32-27)19-31(3,4)5;1-12-10-15(13-8-6-5-7-9-13)17-11-14(12)16(2,3)4;/h6-10,12-18,20H,19H2,1-5H3;5-8,10-11H,1-4H3;/q2*-1;. The van der Waals surface area contributed by atoms with Gasteiger partial charge in [-0.05, 0) is 40.6 Å². The molecule has 0 fully saturated rings. The topological polar surface area (TPSA) is 38.9 Å². The van der Waals surface area contributed by atoms with Crippen LogP contribution < -0.4 is 4.40 Å². The third kappa shape index (κ3) is 8.98. The van der Waals surface area contributed by atoms with Crippen LogP contribution in [0.4, 0.5) is 0 Å². The van der Waals surface area contributed by atoms with Crippen molar-refractivity contribution in [3.05, 3.63) is 138 Å². The molecule has 5 heteroatoms. The summed E-state index contributed by atoms with van der Waals surface area (Å²) in [5.41, 5.74) is 12.5. The number of nitrogens with zero attached hydrogens (tertiary/aromatic N) is 2. The Morgan fingerprint density at radius 1 is 0.784 bits per heavy atom. The van der Waals surface area contributed by atoms with Crippen molar-refractivity contribution in [1.82, 2.24) is 9.97 Å². The number of fused-ring (bicyclic) bond motifs is 3. The summed E-state index contributed by atoms with van der Waals surface area (Å²) in [6.07, 6.45) is 5.00. The number of benzene rings is 4. The molecule has 3 aromatic heterocycles. The van der Waals surface area contributed by atoms with E-state index in [-0.39, 0.29) is 25.5 Å². The zero-order valence-electron chi connectivity index (χ0n) is 31.3. The number of aromatic nitrogens is 2. The Balaban J connectivity index is 0.000000237. The maximum atomic E-state index is 6.44. The van der Waals surface area contributed by atoms with Gasteiger partial charge in [0.05, 0.1) is 5.58 Å². The Hall–Kier alpha value is -3.83. The average Bonchev–Trinajstić information content (AvgIpc) is 3.45. The number of hydrogen-bond donors (Lipinski definition) is 0. The summed E-state index contributed by atoms with van der Waals surface area (Å²) in [7, 11) is 0. The van der Waals surface area contributed by atoms with E-state index in [2.05, 4.69) is 160 Å². The maximum Gasteiger partial charge on any atom is 0 e. The predicted molar refractivity (Wildman–Crippen MR) is 215 cm³/mol. The van der Waals surface area contributed by atoms with E-state index < -0.39 is 13.3 Å². The summed E-state index contributed by atoms with van der Waals surface area (Å²) < 4.78 is 7.93. The maximum absolute atomic E-state index is 6.44. The molecule has 3 nitrogen and oxygen atoms in total. The summed E-state index contributed by atoms with van der Waals surface area (Å²) >= 11 is -1.77. The van der Waals surface area contributed by atoms with Gasteiger partial charge in [0.2, 0.25) is 0 Å². The third-order valence-corrected chi connectivity index (χ3v) is 13.5. The average molecular weight is 910 g/mol. The molecule has 7 aromatic rings. The molecule has 0 unspecified atom stereocenters. The molecule has 0 aliphatic rings. The van der Waals surface area contributed by atoms with Crippen LogP contribution in [0.2, 0.25) is 17.3 Å². The van der Waals surface area contributed by atoms with Crippen LogP contribution in [0.1, 0.15) is 57.2 Å². The molecule has 0 aliphatic carbocycles. The minimum Gasteiger partial charge on any atom is 0 e. The van der Waals surface area contributed by atoms with Crippen LogP contribution in [0.15, 0.2) is 114 Å². The van der Waals surface area contributed by atoms with Crippen molar-refractivity contribution >= 4 is 39.6 Å². The van der Waals surface area contributed by atoms with Gasteiger partial charge < -0.3 is 9.40 Å². The first-order chi connectivity index (χ1) is 23.8. The van der Waals surface area contributed by atoms with Gasteiger partial charge in [-0.15, -0.1) is 23.8 Å². The van der Waals surface area contributed by atoms with Crippen LogP contribution >= 0.6 is 0 Å². The number of furan rings is 1. The largest absolute Gasteiger partial charge is 0 e. The molecule has 1 radical (unpaired) electrons. The molecule has 3 heterocycles. The van der Waals surface area contributed by atoms with E-state index in [4.69, 9.17) is 4.42 Å². The summed E-state index contributed by atoms with van der Waals surface area (Å²) in [5, 5.41) is 2.26. The molecule has 263 valence electrons. The molecule has 0 saturated heterocycles. The molecule has 0 aliphatic heterocycles. The van der Waals surface area contributed by atoms with Crippen LogP contribution in [-0.4, -0.2) is 23.2 Å². The van der Waals surface area contributed by atoms with Crippen molar-refractivity contribution in [2.45, 2.75) is 71.1 Å². The molecule has 0 saturated carbocycles. The third-order valence-electron chi connectivity index (χ3n) is 9.01. The van der Waals surface area contributed by atoms with E-state index in [1.807, 2.05) is 30.5 Å². The van der Waals surface area contributed by atoms with Crippen LogP contribution in [-0.2, 0) is 26.5 Å². The van der Waals surface area contributed by atoms with Crippen molar-refractivity contribution in [3.8, 4) is 33.6 Å². The van der Waals surface area contributed by atoms with Crippen LogP contribution in [0.5, 0.6) is 0 Å². The van der Waals surface area contributed by atoms with Gasteiger partial charge in [-0.3, -0.25) is 0 Å². The predicted octanol–water partition coefficient (Wildman–Crippen LogP) is 12.2. The second kappa shape index (κ2) is 15.8. The summed E-state index contributed by atoms with van der Waals surface area (Å²) in [4.78, 5) is 9.24. The molecule has 0 bridgehead atoms. The Morgan fingerprint density at radius 3 is 2.16 bits per heavy atom. The number of aryl methyl sites for hydroxylation is 1. The summed E-state index contributed by atoms with van der Waals surface area (Å²) in [6, 6.07) is 40.3. The molecule has 0 spiro atoms. The monoisotopic (exact) mass is 911 g/mol. The molecule has 7 rings (SSSR count). The smallest absolute Gasteiger partial charge is 0 e. The SMILES string of the molecule is CC(C)c1c(-c2ccccc2)ccc2c1oc1c[c-]c(-c3cc(CC(C)(C)C)ccn3)cc12.Cc1cc(-c2[c-]cccc2)nc[c]1[Ge]([CH3])([CH3])[CH3].[Ir]. The van der Waals surface area contributed by atoms with Gasteiger partial charge in [0, 0.05) is 37.3 Å². The normalized spacial score (nSPS) is 11.7. The summed E-state index contributed by atoms with van der Waals surface area (Å²) in [6.45, 7) is 13.4. The Morgan fingerprint density at radius 2 is 1.51 bits per heavy atom. The van der Waals surface area contributed by atoms with E-state index in [0.29, 0.717) is 5.92 Å². The number of hydrogen-bond acceptors (Lipinski definition) is 3. The molecule has 0 atom stereocenters. The van der Waals surface area contributed by atoms with Gasteiger partial charge in [-0.1, -0.05) is 94.1 Å². The first kappa shape index (κ1) is 38.4. The number of rotatable bonds is 6. The van der Waals surface area contributed by atoms with Crippen LogP contribution in [0, 0.1) is 24.5 Å². The van der Waals surface area contributed by atoms with E-state index in [1.54, 1.807) is 0 Å². The van der Waals surface area contributed by atoms with Gasteiger partial charge in [-0.2, -0.15) is 0 Å². The van der Waals surface area contributed by atoms with E-state index >= 15 is 0 Å². The van der Waals surface area contributed by atoms with Gasteiger partial charge >= 0.3 is 106 Å². The van der Waals surface area contributed by atoms with Gasteiger partial charge in [-0.25, -0.2) is 0 Å². The minimum atomic E-state index is -1.77. The van der Waals surface area contributed by atoms with Gasteiger partial charge in [0.1, 0.15) is 5.58 Å². The first-order valence-electron chi connectivity index (χ1n) is 17.6. The Bertz CT molecular complexity index is 2240. The van der Waals surface area contributed by atoms with E-state index in [9.17, 15) is 0 Å². The van der Waals surface area contributed by atoms with Crippen molar-refractivity contribution < 1.29 is 24.5 Å². The van der Waals surface area contributed by atoms with Crippen LogP contribution in [0.25, 0.3) is 55.6 Å². The quantitative estimate of drug-likeness (QED) is 0.123. The van der Waals surface area contributed by atoms with Crippen molar-refractivity contribution in [3.63, 3.8) is 0 Å². The minimum absolute atomic E-state index is 0. The fraction of sp³-hybridized carbons (Fsp3) is 0.261. The molecule has 51 heavy (non-hydrogen) atoms. The zero-order chi connectivity index (χ0) is 35.6. The fourth-order valence-corrected chi connectivity index (χ4v) is 10.4. The van der Waals surface area contributed by atoms with Crippen molar-refractivity contribution in [2.24, 2.45) is 5.41 Å². The van der Waals surface area contributed by atoms with Crippen LogP contribution in [0.3, 0.4) is 0 Å². The van der Waals surface area contributed by atoms with Crippen molar-refractivity contribution in [1.29, 1.82) is 0 Å².